The molecule has 2 N–H and O–H groups in total. The minimum absolute atomic E-state index is 0.0657. The van der Waals surface area contributed by atoms with Gasteiger partial charge in [0.15, 0.2) is 0 Å². The molecule has 2 aromatic rings. The number of benzene rings is 2. The molecule has 4 rings (SSSR count). The Morgan fingerprint density at radius 2 is 1.96 bits per heavy atom. The van der Waals surface area contributed by atoms with Gasteiger partial charge in [-0.15, -0.1) is 0 Å². The van der Waals surface area contributed by atoms with Crippen LogP contribution in [0.25, 0.3) is 0 Å². The molecule has 2 aliphatic heterocycles. The number of anilines is 1. The number of halogens is 1. The fourth-order valence-corrected chi connectivity index (χ4v) is 4.90. The van der Waals surface area contributed by atoms with Crippen molar-refractivity contribution in [2.75, 3.05) is 24.6 Å². The van der Waals surface area contributed by atoms with Gasteiger partial charge in [0.1, 0.15) is 5.82 Å². The number of aliphatic hydroxyl groups is 1. The normalized spacial score (nSPS) is 30.6. The van der Waals surface area contributed by atoms with Crippen molar-refractivity contribution < 1.29 is 9.50 Å². The van der Waals surface area contributed by atoms with E-state index in [4.69, 9.17) is 0 Å². The molecule has 0 radical (unpaired) electrons. The third kappa shape index (κ3) is 2.72. The Balaban J connectivity index is 1.69. The first-order chi connectivity index (χ1) is 12.6. The lowest BCUT2D eigenvalue weighted by Gasteiger charge is -2.34. The van der Waals surface area contributed by atoms with Crippen molar-refractivity contribution in [1.29, 1.82) is 0 Å². The zero-order chi connectivity index (χ0) is 18.3. The molecule has 2 fully saturated rings. The zero-order valence-electron chi connectivity index (χ0n) is 15.5. The molecule has 0 aliphatic carbocycles. The Hall–Kier alpha value is -1.91. The van der Waals surface area contributed by atoms with Gasteiger partial charge in [-0.3, -0.25) is 0 Å². The van der Waals surface area contributed by atoms with Crippen molar-refractivity contribution >= 4 is 5.69 Å². The lowest BCUT2D eigenvalue weighted by Crippen LogP contribution is -2.50. The van der Waals surface area contributed by atoms with E-state index in [2.05, 4.69) is 41.4 Å². The Bertz CT molecular complexity index is 775. The van der Waals surface area contributed by atoms with Crippen molar-refractivity contribution in [3.8, 4) is 0 Å². The summed E-state index contributed by atoms with van der Waals surface area (Å²) in [6.45, 7) is 5.87. The van der Waals surface area contributed by atoms with Crippen LogP contribution in [-0.2, 0) is 0 Å². The van der Waals surface area contributed by atoms with Crippen LogP contribution in [0.1, 0.15) is 30.5 Å². The third-order valence-electron chi connectivity index (χ3n) is 6.54. The van der Waals surface area contributed by atoms with Gasteiger partial charge in [0.05, 0.1) is 6.61 Å². The molecule has 4 atom stereocenters. The second-order valence-corrected chi connectivity index (χ2v) is 7.81. The number of para-hydroxylation sites is 1. The number of rotatable bonds is 4. The van der Waals surface area contributed by atoms with Crippen LogP contribution in [0.15, 0.2) is 48.5 Å². The molecule has 0 unspecified atom stereocenters. The lowest BCUT2D eigenvalue weighted by molar-refractivity contribution is 0.133. The SMILES string of the molecule is CC[C@]1(CO)N[C@@H](c2ccc(C)c(F)c2)[C@H]2CN(c3ccccc3)C[C@H]21. The smallest absolute Gasteiger partial charge is 0.126 e. The fourth-order valence-electron chi connectivity index (χ4n) is 4.90. The first-order valence-electron chi connectivity index (χ1n) is 9.52. The van der Waals surface area contributed by atoms with E-state index in [1.165, 1.54) is 5.69 Å². The van der Waals surface area contributed by atoms with E-state index < -0.39 is 0 Å². The summed E-state index contributed by atoms with van der Waals surface area (Å²) in [4.78, 5) is 2.41. The average molecular weight is 354 g/mol. The maximum absolute atomic E-state index is 14.2. The topological polar surface area (TPSA) is 35.5 Å². The highest BCUT2D eigenvalue weighted by Gasteiger charge is 2.55. The van der Waals surface area contributed by atoms with Gasteiger partial charge >= 0.3 is 0 Å². The predicted octanol–water partition coefficient (Wildman–Crippen LogP) is 3.67. The lowest BCUT2D eigenvalue weighted by atomic mass is 9.79. The van der Waals surface area contributed by atoms with Crippen LogP contribution < -0.4 is 10.2 Å². The molecular formula is C22H27FN2O. The molecule has 2 heterocycles. The van der Waals surface area contributed by atoms with Gasteiger partial charge in [0.2, 0.25) is 0 Å². The Morgan fingerprint density at radius 1 is 1.19 bits per heavy atom. The van der Waals surface area contributed by atoms with Crippen LogP contribution in [0, 0.1) is 24.6 Å². The molecule has 138 valence electrons. The molecule has 2 aromatic carbocycles. The zero-order valence-corrected chi connectivity index (χ0v) is 15.5. The van der Waals surface area contributed by atoms with Crippen molar-refractivity contribution in [2.45, 2.75) is 31.8 Å². The molecule has 0 aromatic heterocycles. The van der Waals surface area contributed by atoms with E-state index in [0.717, 1.165) is 25.1 Å². The third-order valence-corrected chi connectivity index (χ3v) is 6.54. The average Bonchev–Trinajstić information content (AvgIpc) is 3.23. The molecule has 0 spiro atoms. The quantitative estimate of drug-likeness (QED) is 0.879. The minimum Gasteiger partial charge on any atom is -0.394 e. The largest absolute Gasteiger partial charge is 0.394 e. The Kier molecular flexibility index (Phi) is 4.49. The van der Waals surface area contributed by atoms with E-state index in [0.29, 0.717) is 17.4 Å². The summed E-state index contributed by atoms with van der Waals surface area (Å²) in [5.74, 6) is 0.535. The molecule has 0 saturated carbocycles. The van der Waals surface area contributed by atoms with E-state index in [-0.39, 0.29) is 24.0 Å². The van der Waals surface area contributed by atoms with E-state index in [9.17, 15) is 9.50 Å². The summed E-state index contributed by atoms with van der Waals surface area (Å²) in [7, 11) is 0. The monoisotopic (exact) mass is 354 g/mol. The van der Waals surface area contributed by atoms with E-state index in [1.807, 2.05) is 18.2 Å². The summed E-state index contributed by atoms with van der Waals surface area (Å²) < 4.78 is 14.2. The van der Waals surface area contributed by atoms with Crippen LogP contribution in [0.5, 0.6) is 0 Å². The molecule has 3 nitrogen and oxygen atoms in total. The number of aryl methyl sites for hydroxylation is 1. The van der Waals surface area contributed by atoms with Crippen molar-refractivity contribution in [2.24, 2.45) is 11.8 Å². The van der Waals surface area contributed by atoms with Crippen LogP contribution >= 0.6 is 0 Å². The van der Waals surface area contributed by atoms with Gasteiger partial charge in [-0.2, -0.15) is 0 Å². The van der Waals surface area contributed by atoms with Crippen molar-refractivity contribution in [3.63, 3.8) is 0 Å². The molecular weight excluding hydrogens is 327 g/mol. The molecule has 0 amide bonds. The van der Waals surface area contributed by atoms with Gasteiger partial charge in [0.25, 0.3) is 0 Å². The highest BCUT2D eigenvalue weighted by atomic mass is 19.1. The molecule has 4 heteroatoms. The summed E-state index contributed by atoms with van der Waals surface area (Å²) in [5, 5.41) is 13.9. The van der Waals surface area contributed by atoms with Gasteiger partial charge in [-0.25, -0.2) is 4.39 Å². The minimum atomic E-state index is -0.305. The van der Waals surface area contributed by atoms with Gasteiger partial charge in [-0.1, -0.05) is 37.3 Å². The predicted molar refractivity (Wildman–Crippen MR) is 103 cm³/mol. The highest BCUT2D eigenvalue weighted by Crippen LogP contribution is 2.49. The Labute approximate surface area is 154 Å². The van der Waals surface area contributed by atoms with Crippen LogP contribution in [0.3, 0.4) is 0 Å². The van der Waals surface area contributed by atoms with Gasteiger partial charge in [0, 0.05) is 42.2 Å². The first-order valence-corrected chi connectivity index (χ1v) is 9.52. The molecule has 2 aliphatic rings. The molecule has 26 heavy (non-hydrogen) atoms. The number of hydrogen-bond acceptors (Lipinski definition) is 3. The number of fused-ring (bicyclic) bond motifs is 1. The van der Waals surface area contributed by atoms with Crippen LogP contribution in [0.4, 0.5) is 10.1 Å². The van der Waals surface area contributed by atoms with E-state index >= 15 is 0 Å². The maximum atomic E-state index is 14.2. The second kappa shape index (κ2) is 6.67. The van der Waals surface area contributed by atoms with Crippen LogP contribution in [0.2, 0.25) is 0 Å². The van der Waals surface area contributed by atoms with Crippen molar-refractivity contribution in [1.82, 2.24) is 5.32 Å². The number of nitrogens with zero attached hydrogens (tertiary/aromatic N) is 1. The standard InChI is InChI=1S/C22H27FN2O/c1-3-22(14-26)19-13-25(17-7-5-4-6-8-17)12-18(19)21(24-22)16-10-9-15(2)20(23)11-16/h4-11,18-19,21,24,26H,3,12-14H2,1-2H3/t18-,19+,21-,22+/m0/s1. The van der Waals surface area contributed by atoms with E-state index in [1.54, 1.807) is 13.0 Å². The highest BCUT2D eigenvalue weighted by molar-refractivity contribution is 5.48. The summed E-state index contributed by atoms with van der Waals surface area (Å²) >= 11 is 0. The molecule has 2 saturated heterocycles. The first kappa shape index (κ1) is 17.5. The molecule has 0 bridgehead atoms. The van der Waals surface area contributed by atoms with Crippen LogP contribution in [-0.4, -0.2) is 30.3 Å². The summed E-state index contributed by atoms with van der Waals surface area (Å²) in [5.41, 5.74) is 2.57. The van der Waals surface area contributed by atoms with Crippen molar-refractivity contribution in [3.05, 3.63) is 65.5 Å². The number of aliphatic hydroxyl groups excluding tert-OH is 1. The second-order valence-electron chi connectivity index (χ2n) is 7.81. The van der Waals surface area contributed by atoms with Gasteiger partial charge in [-0.05, 0) is 42.7 Å². The number of nitrogens with one attached hydrogen (secondary N) is 1. The van der Waals surface area contributed by atoms with Gasteiger partial charge < -0.3 is 15.3 Å². The summed E-state index contributed by atoms with van der Waals surface area (Å²) in [6, 6.07) is 16.1. The summed E-state index contributed by atoms with van der Waals surface area (Å²) in [6.07, 6.45) is 0.859. The fraction of sp³-hybridized carbons (Fsp3) is 0.455. The Morgan fingerprint density at radius 3 is 2.62 bits per heavy atom. The number of hydrogen-bond donors (Lipinski definition) is 2. The maximum Gasteiger partial charge on any atom is 0.126 e.